The van der Waals surface area contributed by atoms with Crippen LogP contribution in [0.25, 0.3) is 0 Å². The fourth-order valence-electron chi connectivity index (χ4n) is 3.89. The highest BCUT2D eigenvalue weighted by atomic mass is 35.5. The van der Waals surface area contributed by atoms with Gasteiger partial charge in [0.1, 0.15) is 12.1 Å². The van der Waals surface area contributed by atoms with Crippen LogP contribution in [0.2, 0.25) is 5.02 Å². The SMILES string of the molecule is COc1ccccc1C1CC(c2ccc(Cl)cc2)N(C(=O)C(C)C)c2ncnn21. The van der Waals surface area contributed by atoms with Gasteiger partial charge in [0.05, 0.1) is 19.2 Å². The number of ether oxygens (including phenoxy) is 1. The van der Waals surface area contributed by atoms with Crippen LogP contribution in [0.15, 0.2) is 54.9 Å². The van der Waals surface area contributed by atoms with Crippen LogP contribution < -0.4 is 9.64 Å². The molecule has 2 heterocycles. The van der Waals surface area contributed by atoms with Crippen molar-refractivity contribution in [2.45, 2.75) is 32.4 Å². The number of carbonyl (C=O) groups is 1. The Morgan fingerprint density at radius 3 is 2.55 bits per heavy atom. The molecule has 6 nitrogen and oxygen atoms in total. The number of nitrogens with zero attached hydrogens (tertiary/aromatic N) is 4. The van der Waals surface area contributed by atoms with E-state index in [-0.39, 0.29) is 23.9 Å². The summed E-state index contributed by atoms with van der Waals surface area (Å²) in [5.41, 5.74) is 2.02. The predicted octanol–water partition coefficient (Wildman–Crippen LogP) is 4.66. The Hall–Kier alpha value is -2.86. The molecule has 29 heavy (non-hydrogen) atoms. The van der Waals surface area contributed by atoms with Crippen LogP contribution in [-0.2, 0) is 4.79 Å². The molecule has 0 bridgehead atoms. The lowest BCUT2D eigenvalue weighted by Gasteiger charge is -2.40. The first-order valence-corrected chi connectivity index (χ1v) is 10.00. The molecule has 1 aliphatic heterocycles. The Labute approximate surface area is 175 Å². The number of hydrogen-bond donors (Lipinski definition) is 0. The molecule has 0 aliphatic carbocycles. The number of anilines is 1. The van der Waals surface area contributed by atoms with E-state index in [0.29, 0.717) is 17.4 Å². The zero-order valence-corrected chi connectivity index (χ0v) is 17.4. The number of rotatable bonds is 4. The number of para-hydroxylation sites is 1. The number of halogens is 1. The van der Waals surface area contributed by atoms with Crippen LogP contribution in [0.1, 0.15) is 43.5 Å². The first-order chi connectivity index (χ1) is 14.0. The molecule has 2 unspecified atom stereocenters. The number of fused-ring (bicyclic) bond motifs is 1. The summed E-state index contributed by atoms with van der Waals surface area (Å²) >= 11 is 6.10. The summed E-state index contributed by atoms with van der Waals surface area (Å²) in [6.45, 7) is 3.79. The second-order valence-corrected chi connectivity index (χ2v) is 7.86. The Balaban J connectivity index is 1.87. The molecule has 0 radical (unpaired) electrons. The summed E-state index contributed by atoms with van der Waals surface area (Å²) < 4.78 is 7.42. The van der Waals surface area contributed by atoms with Crippen LogP contribution in [0, 0.1) is 5.92 Å². The Kier molecular flexibility index (Phi) is 5.28. The van der Waals surface area contributed by atoms with Crippen molar-refractivity contribution in [2.75, 3.05) is 12.0 Å². The smallest absolute Gasteiger partial charge is 0.232 e. The van der Waals surface area contributed by atoms with Crippen LogP contribution >= 0.6 is 11.6 Å². The summed E-state index contributed by atoms with van der Waals surface area (Å²) in [6, 6.07) is 15.3. The summed E-state index contributed by atoms with van der Waals surface area (Å²) in [5.74, 6) is 1.18. The summed E-state index contributed by atoms with van der Waals surface area (Å²) in [6.07, 6.45) is 2.15. The zero-order chi connectivity index (χ0) is 20.5. The van der Waals surface area contributed by atoms with E-state index in [4.69, 9.17) is 16.3 Å². The number of methoxy groups -OCH3 is 1. The van der Waals surface area contributed by atoms with Crippen LogP contribution in [0.4, 0.5) is 5.95 Å². The van der Waals surface area contributed by atoms with Crippen LogP contribution in [-0.4, -0.2) is 27.8 Å². The number of aromatic nitrogens is 3. The number of carbonyl (C=O) groups excluding carboxylic acids is 1. The van der Waals surface area contributed by atoms with Gasteiger partial charge in [0.25, 0.3) is 0 Å². The molecule has 0 saturated heterocycles. The fraction of sp³-hybridized carbons (Fsp3) is 0.318. The molecule has 4 rings (SSSR count). The average Bonchev–Trinajstić information content (AvgIpc) is 3.22. The molecule has 0 spiro atoms. The van der Waals surface area contributed by atoms with Crippen molar-refractivity contribution >= 4 is 23.5 Å². The van der Waals surface area contributed by atoms with Crippen molar-refractivity contribution in [3.05, 3.63) is 71.0 Å². The van der Waals surface area contributed by atoms with E-state index in [0.717, 1.165) is 16.9 Å². The Bertz CT molecular complexity index is 1020. The third-order valence-corrected chi connectivity index (χ3v) is 5.56. The minimum absolute atomic E-state index is 0.0117. The molecule has 2 aromatic carbocycles. The molecule has 7 heteroatoms. The van der Waals surface area contributed by atoms with Crippen LogP contribution in [0.5, 0.6) is 5.75 Å². The molecule has 0 N–H and O–H groups in total. The highest BCUT2D eigenvalue weighted by molar-refractivity contribution is 6.30. The van der Waals surface area contributed by atoms with Crippen molar-refractivity contribution in [1.82, 2.24) is 14.8 Å². The molecule has 0 fully saturated rings. The summed E-state index contributed by atoms with van der Waals surface area (Å²) in [4.78, 5) is 19.4. The third kappa shape index (κ3) is 3.49. The van der Waals surface area contributed by atoms with E-state index < -0.39 is 0 Å². The van der Waals surface area contributed by atoms with Gasteiger partial charge in [-0.15, -0.1) is 0 Å². The van der Waals surface area contributed by atoms with Crippen molar-refractivity contribution in [2.24, 2.45) is 5.92 Å². The standard InChI is InChI=1S/C22H23ClN4O2/c1-14(2)21(28)26-18(15-8-10-16(23)11-9-15)12-19(27-22(26)24-13-25-27)17-6-4-5-7-20(17)29-3/h4-11,13-14,18-19H,12H2,1-3H3. The molecule has 0 saturated carbocycles. The highest BCUT2D eigenvalue weighted by Gasteiger charge is 2.40. The van der Waals surface area contributed by atoms with Gasteiger partial charge in [-0.2, -0.15) is 10.1 Å². The van der Waals surface area contributed by atoms with E-state index in [1.54, 1.807) is 12.0 Å². The minimum atomic E-state index is -0.186. The van der Waals surface area contributed by atoms with Crippen molar-refractivity contribution in [3.8, 4) is 5.75 Å². The van der Waals surface area contributed by atoms with Gasteiger partial charge in [-0.05, 0) is 30.2 Å². The molecule has 3 aromatic rings. The second kappa shape index (κ2) is 7.87. The van der Waals surface area contributed by atoms with E-state index in [2.05, 4.69) is 10.1 Å². The summed E-state index contributed by atoms with van der Waals surface area (Å²) in [7, 11) is 1.66. The molecule has 1 amide bonds. The molecule has 2 atom stereocenters. The van der Waals surface area contributed by atoms with Gasteiger partial charge in [-0.3, -0.25) is 9.69 Å². The zero-order valence-electron chi connectivity index (χ0n) is 16.6. The lowest BCUT2D eigenvalue weighted by atomic mass is 9.91. The van der Waals surface area contributed by atoms with Gasteiger partial charge in [-0.1, -0.05) is 55.8 Å². The number of amides is 1. The fourth-order valence-corrected chi connectivity index (χ4v) is 4.02. The quantitative estimate of drug-likeness (QED) is 0.627. The molecule has 1 aliphatic rings. The van der Waals surface area contributed by atoms with Crippen LogP contribution in [0.3, 0.4) is 0 Å². The number of benzene rings is 2. The van der Waals surface area contributed by atoms with Gasteiger partial charge in [-0.25, -0.2) is 4.68 Å². The topological polar surface area (TPSA) is 60.2 Å². The average molecular weight is 411 g/mol. The molecular weight excluding hydrogens is 388 g/mol. The maximum atomic E-state index is 13.2. The predicted molar refractivity (Wildman–Crippen MR) is 112 cm³/mol. The van der Waals surface area contributed by atoms with E-state index in [9.17, 15) is 4.79 Å². The number of hydrogen-bond acceptors (Lipinski definition) is 4. The van der Waals surface area contributed by atoms with Gasteiger partial charge in [0.2, 0.25) is 11.9 Å². The lowest BCUT2D eigenvalue weighted by Crippen LogP contribution is -2.44. The summed E-state index contributed by atoms with van der Waals surface area (Å²) in [5, 5.41) is 5.12. The monoisotopic (exact) mass is 410 g/mol. The highest BCUT2D eigenvalue weighted by Crippen LogP contribution is 2.44. The normalized spacial score (nSPS) is 18.6. The minimum Gasteiger partial charge on any atom is -0.496 e. The maximum absolute atomic E-state index is 13.2. The first kappa shape index (κ1) is 19.5. The largest absolute Gasteiger partial charge is 0.496 e. The van der Waals surface area contributed by atoms with E-state index in [1.807, 2.05) is 67.1 Å². The molecular formula is C22H23ClN4O2. The Morgan fingerprint density at radius 1 is 1.14 bits per heavy atom. The maximum Gasteiger partial charge on any atom is 0.232 e. The van der Waals surface area contributed by atoms with E-state index in [1.165, 1.54) is 6.33 Å². The Morgan fingerprint density at radius 2 is 1.86 bits per heavy atom. The van der Waals surface area contributed by atoms with Gasteiger partial charge in [0, 0.05) is 16.5 Å². The van der Waals surface area contributed by atoms with Gasteiger partial charge < -0.3 is 4.74 Å². The van der Waals surface area contributed by atoms with Crippen molar-refractivity contribution < 1.29 is 9.53 Å². The van der Waals surface area contributed by atoms with Crippen molar-refractivity contribution in [1.29, 1.82) is 0 Å². The third-order valence-electron chi connectivity index (χ3n) is 5.31. The first-order valence-electron chi connectivity index (χ1n) is 9.62. The van der Waals surface area contributed by atoms with Gasteiger partial charge in [0.15, 0.2) is 0 Å². The lowest BCUT2D eigenvalue weighted by molar-refractivity contribution is -0.122. The van der Waals surface area contributed by atoms with E-state index >= 15 is 0 Å². The van der Waals surface area contributed by atoms with Gasteiger partial charge >= 0.3 is 0 Å². The van der Waals surface area contributed by atoms with Crippen molar-refractivity contribution in [3.63, 3.8) is 0 Å². The molecule has 1 aromatic heterocycles. The second-order valence-electron chi connectivity index (χ2n) is 7.43. The molecule has 150 valence electrons.